The molecule has 9 heteroatoms. The molecule has 1 N–H and O–H groups in total. The van der Waals surface area contributed by atoms with Crippen LogP contribution >= 0.6 is 0 Å². The number of carbonyl (C=O) groups is 1. The van der Waals surface area contributed by atoms with Crippen molar-refractivity contribution >= 4 is 11.7 Å². The van der Waals surface area contributed by atoms with E-state index in [2.05, 4.69) is 12.1 Å². The molecule has 0 heterocycles. The summed E-state index contributed by atoms with van der Waals surface area (Å²) in [6.45, 7) is 4.99. The summed E-state index contributed by atoms with van der Waals surface area (Å²) in [4.78, 5) is 17.2. The molecule has 0 bridgehead atoms. The molecule has 3 rings (SSSR count). The zero-order valence-electron chi connectivity index (χ0n) is 18.2. The molecular formula is C25H22F3NO5. The van der Waals surface area contributed by atoms with Gasteiger partial charge in [0.15, 0.2) is 6.10 Å². The average Bonchev–Trinajstić information content (AvgIpc) is 2.83. The molecule has 1 atom stereocenters. The van der Waals surface area contributed by atoms with E-state index in [1.165, 1.54) is 19.1 Å². The van der Waals surface area contributed by atoms with Crippen LogP contribution in [0.3, 0.4) is 0 Å². The summed E-state index contributed by atoms with van der Waals surface area (Å²) in [7, 11) is 0. The number of hydroxylamine groups is 1. The van der Waals surface area contributed by atoms with Gasteiger partial charge in [0.1, 0.15) is 17.2 Å². The lowest BCUT2D eigenvalue weighted by Gasteiger charge is -2.15. The Balaban J connectivity index is 1.41. The lowest BCUT2D eigenvalue weighted by atomic mass is 10.2. The van der Waals surface area contributed by atoms with Gasteiger partial charge in [-0.2, -0.15) is 13.2 Å². The van der Waals surface area contributed by atoms with Crippen LogP contribution in [0.4, 0.5) is 13.2 Å². The van der Waals surface area contributed by atoms with Crippen molar-refractivity contribution in [2.45, 2.75) is 19.2 Å². The van der Waals surface area contributed by atoms with E-state index in [1.807, 2.05) is 30.3 Å². The van der Waals surface area contributed by atoms with Crippen LogP contribution in [0, 0.1) is 0 Å². The van der Waals surface area contributed by atoms with Gasteiger partial charge in [0.25, 0.3) is 0 Å². The standard InChI is InChI=1S/C25H22F3NO5/c1-17(19-6-4-3-5-7-19)29-32-16-31-24(30)18(2)33-21-12-14-23(15-13-21)34-22-10-8-20(9-11-22)25(26,27)28/h3-15,18,29H,1,16H2,2H3. The zero-order valence-corrected chi connectivity index (χ0v) is 18.2. The third kappa shape index (κ3) is 7.28. The molecule has 0 spiro atoms. The molecule has 0 aliphatic carbocycles. The van der Waals surface area contributed by atoms with Gasteiger partial charge in [0, 0.05) is 0 Å². The first-order chi connectivity index (χ1) is 16.2. The highest BCUT2D eigenvalue weighted by molar-refractivity contribution is 5.74. The molecule has 0 amide bonds. The Kier molecular flexibility index (Phi) is 8.15. The molecule has 0 aliphatic heterocycles. The number of halogens is 3. The third-order valence-corrected chi connectivity index (χ3v) is 4.46. The van der Waals surface area contributed by atoms with Crippen LogP contribution in [0.5, 0.6) is 17.2 Å². The number of rotatable bonds is 10. The van der Waals surface area contributed by atoms with Gasteiger partial charge in [-0.1, -0.05) is 36.9 Å². The first-order valence-corrected chi connectivity index (χ1v) is 10.1. The summed E-state index contributed by atoms with van der Waals surface area (Å²) in [5.41, 5.74) is 3.18. The van der Waals surface area contributed by atoms with Crippen molar-refractivity contribution in [2.24, 2.45) is 0 Å². The number of ether oxygens (including phenoxy) is 3. The Bertz CT molecular complexity index is 1080. The summed E-state index contributed by atoms with van der Waals surface area (Å²) in [5, 5.41) is 0. The molecule has 3 aromatic carbocycles. The summed E-state index contributed by atoms with van der Waals surface area (Å²) >= 11 is 0. The number of esters is 1. The quantitative estimate of drug-likeness (QED) is 0.170. The number of hydrogen-bond donors (Lipinski definition) is 1. The van der Waals surface area contributed by atoms with Crippen molar-refractivity contribution in [3.63, 3.8) is 0 Å². The van der Waals surface area contributed by atoms with Crippen LogP contribution in [0.25, 0.3) is 5.70 Å². The van der Waals surface area contributed by atoms with Crippen LogP contribution in [0.2, 0.25) is 0 Å². The van der Waals surface area contributed by atoms with Gasteiger partial charge >= 0.3 is 12.1 Å². The maximum absolute atomic E-state index is 12.6. The van der Waals surface area contributed by atoms with Crippen LogP contribution < -0.4 is 15.0 Å². The fourth-order valence-corrected chi connectivity index (χ4v) is 2.71. The van der Waals surface area contributed by atoms with Crippen molar-refractivity contribution in [1.82, 2.24) is 5.48 Å². The largest absolute Gasteiger partial charge is 0.479 e. The maximum Gasteiger partial charge on any atom is 0.416 e. The lowest BCUT2D eigenvalue weighted by Crippen LogP contribution is -2.28. The SMILES string of the molecule is C=C(NOCOC(=O)C(C)Oc1ccc(Oc2ccc(C(F)(F)F)cc2)cc1)c1ccccc1. The molecule has 34 heavy (non-hydrogen) atoms. The van der Waals surface area contributed by atoms with E-state index >= 15 is 0 Å². The average molecular weight is 473 g/mol. The number of benzene rings is 3. The predicted molar refractivity (Wildman–Crippen MR) is 119 cm³/mol. The second-order valence-electron chi connectivity index (χ2n) is 7.03. The normalized spacial score (nSPS) is 11.9. The predicted octanol–water partition coefficient (Wildman–Crippen LogP) is 5.96. The topological polar surface area (TPSA) is 66.0 Å². The minimum atomic E-state index is -4.41. The van der Waals surface area contributed by atoms with E-state index < -0.39 is 23.8 Å². The summed E-state index contributed by atoms with van der Waals surface area (Å²) < 4.78 is 54.0. The van der Waals surface area contributed by atoms with Crippen LogP contribution in [0.1, 0.15) is 18.1 Å². The molecular weight excluding hydrogens is 451 g/mol. The van der Waals surface area contributed by atoms with Gasteiger partial charge in [-0.25, -0.2) is 9.63 Å². The molecule has 0 radical (unpaired) electrons. The lowest BCUT2D eigenvalue weighted by molar-refractivity contribution is -0.167. The van der Waals surface area contributed by atoms with Gasteiger partial charge in [0.2, 0.25) is 6.79 Å². The Morgan fingerprint density at radius 1 is 0.912 bits per heavy atom. The first kappa shape index (κ1) is 24.7. The summed E-state index contributed by atoms with van der Waals surface area (Å²) in [6, 6.07) is 19.9. The molecule has 0 aliphatic rings. The molecule has 178 valence electrons. The van der Waals surface area contributed by atoms with Gasteiger partial charge in [-0.3, -0.25) is 5.48 Å². The highest BCUT2D eigenvalue weighted by Gasteiger charge is 2.30. The van der Waals surface area contributed by atoms with Crippen LogP contribution in [-0.2, 0) is 20.5 Å². The minimum absolute atomic E-state index is 0.252. The highest BCUT2D eigenvalue weighted by atomic mass is 19.4. The first-order valence-electron chi connectivity index (χ1n) is 10.1. The van der Waals surface area contributed by atoms with E-state index in [0.29, 0.717) is 17.2 Å². The fraction of sp³-hybridized carbons (Fsp3) is 0.160. The molecule has 3 aromatic rings. The van der Waals surface area contributed by atoms with Gasteiger partial charge in [-0.05, 0) is 61.0 Å². The van der Waals surface area contributed by atoms with E-state index in [1.54, 1.807) is 24.3 Å². The van der Waals surface area contributed by atoms with Crippen LogP contribution in [-0.4, -0.2) is 18.9 Å². The number of nitrogens with one attached hydrogen (secondary N) is 1. The monoisotopic (exact) mass is 473 g/mol. The number of alkyl halides is 3. The van der Waals surface area contributed by atoms with Crippen molar-refractivity contribution in [3.8, 4) is 17.2 Å². The second kappa shape index (κ2) is 11.2. The summed E-state index contributed by atoms with van der Waals surface area (Å²) in [6.07, 6.45) is -5.32. The zero-order chi connectivity index (χ0) is 24.6. The van der Waals surface area contributed by atoms with E-state index in [4.69, 9.17) is 19.0 Å². The number of carbonyl (C=O) groups excluding carboxylic acids is 1. The van der Waals surface area contributed by atoms with Crippen molar-refractivity contribution in [2.75, 3.05) is 6.79 Å². The molecule has 0 fully saturated rings. The Morgan fingerprint density at radius 3 is 2.06 bits per heavy atom. The van der Waals surface area contributed by atoms with E-state index in [0.717, 1.165) is 17.7 Å². The van der Waals surface area contributed by atoms with Crippen molar-refractivity contribution in [3.05, 3.63) is 96.6 Å². The van der Waals surface area contributed by atoms with Crippen molar-refractivity contribution in [1.29, 1.82) is 0 Å². The highest BCUT2D eigenvalue weighted by Crippen LogP contribution is 2.31. The molecule has 0 saturated heterocycles. The fourth-order valence-electron chi connectivity index (χ4n) is 2.71. The smallest absolute Gasteiger partial charge is 0.416 e. The summed E-state index contributed by atoms with van der Waals surface area (Å²) in [5.74, 6) is 0.376. The molecule has 0 aromatic heterocycles. The van der Waals surface area contributed by atoms with E-state index in [9.17, 15) is 18.0 Å². The van der Waals surface area contributed by atoms with E-state index in [-0.39, 0.29) is 12.5 Å². The number of hydrogen-bond acceptors (Lipinski definition) is 6. The Labute approximate surface area is 194 Å². The minimum Gasteiger partial charge on any atom is -0.479 e. The molecule has 0 saturated carbocycles. The Morgan fingerprint density at radius 2 is 1.47 bits per heavy atom. The molecule has 1 unspecified atom stereocenters. The van der Waals surface area contributed by atoms with Gasteiger partial charge in [0.05, 0.1) is 11.3 Å². The Hall–Kier alpha value is -3.98. The van der Waals surface area contributed by atoms with Crippen molar-refractivity contribution < 1.29 is 37.0 Å². The third-order valence-electron chi connectivity index (χ3n) is 4.46. The molecule has 6 nitrogen and oxygen atoms in total. The van der Waals surface area contributed by atoms with Gasteiger partial charge < -0.3 is 14.2 Å². The van der Waals surface area contributed by atoms with Crippen LogP contribution in [0.15, 0.2) is 85.4 Å². The van der Waals surface area contributed by atoms with Gasteiger partial charge in [-0.15, -0.1) is 0 Å². The second-order valence-corrected chi connectivity index (χ2v) is 7.03. The maximum atomic E-state index is 12.6.